The van der Waals surface area contributed by atoms with Crippen LogP contribution >= 0.6 is 0 Å². The fourth-order valence-corrected chi connectivity index (χ4v) is 1.99. The molecule has 0 fully saturated rings. The summed E-state index contributed by atoms with van der Waals surface area (Å²) in [7, 11) is 0. The van der Waals surface area contributed by atoms with Crippen molar-refractivity contribution in [1.29, 1.82) is 0 Å². The molecule has 0 aliphatic heterocycles. The van der Waals surface area contributed by atoms with Gasteiger partial charge in [0.15, 0.2) is 11.6 Å². The highest BCUT2D eigenvalue weighted by Gasteiger charge is 2.14. The van der Waals surface area contributed by atoms with Gasteiger partial charge in [0.05, 0.1) is 27.8 Å². The van der Waals surface area contributed by atoms with Crippen LogP contribution in [0.1, 0.15) is 0 Å². The van der Waals surface area contributed by atoms with Crippen LogP contribution in [0.3, 0.4) is 0 Å². The average Bonchev–Trinajstić information content (AvgIpc) is 2.83. The zero-order valence-corrected chi connectivity index (χ0v) is 10.4. The van der Waals surface area contributed by atoms with Crippen LogP contribution < -0.4 is 5.32 Å². The first kappa shape index (κ1) is 13.0. The first-order valence-corrected chi connectivity index (χ1v) is 5.89. The molecular weight excluding hydrogens is 282 g/mol. The summed E-state index contributed by atoms with van der Waals surface area (Å²) < 4.78 is 27.5. The quantitative estimate of drug-likeness (QED) is 0.571. The predicted octanol–water partition coefficient (Wildman–Crippen LogP) is 3.49. The van der Waals surface area contributed by atoms with E-state index in [0.717, 1.165) is 18.3 Å². The van der Waals surface area contributed by atoms with Gasteiger partial charge in [0, 0.05) is 18.5 Å². The summed E-state index contributed by atoms with van der Waals surface area (Å²) in [6, 6.07) is 4.68. The van der Waals surface area contributed by atoms with Crippen LogP contribution in [0.25, 0.3) is 11.0 Å². The zero-order valence-electron chi connectivity index (χ0n) is 10.4. The Morgan fingerprint density at radius 3 is 2.71 bits per heavy atom. The maximum absolute atomic E-state index is 13.8. The van der Waals surface area contributed by atoms with Crippen LogP contribution in [0.5, 0.6) is 0 Å². The molecule has 106 valence electrons. The maximum atomic E-state index is 13.8. The van der Waals surface area contributed by atoms with Gasteiger partial charge in [-0.2, -0.15) is 0 Å². The number of halogens is 2. The minimum absolute atomic E-state index is 0.00806. The van der Waals surface area contributed by atoms with Crippen molar-refractivity contribution in [2.24, 2.45) is 0 Å². The Morgan fingerprint density at radius 2 is 2.00 bits per heavy atom. The van der Waals surface area contributed by atoms with Crippen molar-refractivity contribution in [2.75, 3.05) is 5.32 Å². The lowest BCUT2D eigenvalue weighted by Gasteiger charge is -2.08. The van der Waals surface area contributed by atoms with Crippen LogP contribution in [0, 0.1) is 21.7 Å². The minimum atomic E-state index is -0.801. The van der Waals surface area contributed by atoms with Crippen LogP contribution in [0.4, 0.5) is 25.8 Å². The van der Waals surface area contributed by atoms with E-state index in [1.165, 1.54) is 18.3 Å². The lowest BCUT2D eigenvalue weighted by Crippen LogP contribution is -1.97. The molecule has 2 N–H and O–H groups in total. The first-order valence-electron chi connectivity index (χ1n) is 5.89. The van der Waals surface area contributed by atoms with Crippen molar-refractivity contribution in [1.82, 2.24) is 9.97 Å². The number of pyridine rings is 1. The van der Waals surface area contributed by atoms with E-state index in [1.54, 1.807) is 0 Å². The number of benzene rings is 1. The number of fused-ring (bicyclic) bond motifs is 1. The molecule has 0 saturated carbocycles. The largest absolute Gasteiger partial charge is 0.352 e. The van der Waals surface area contributed by atoms with Gasteiger partial charge in [0.1, 0.15) is 5.65 Å². The second kappa shape index (κ2) is 4.82. The standard InChI is InChI=1S/C13H8F2N4O2/c14-8-5-7(19(20)21)1-2-10(8)18-11-3-4-16-13-12(11)9(15)6-17-13/h1-6H,(H2,16,17,18). The van der Waals surface area contributed by atoms with Crippen LogP contribution in [0.15, 0.2) is 36.7 Å². The minimum Gasteiger partial charge on any atom is -0.352 e. The summed E-state index contributed by atoms with van der Waals surface area (Å²) in [4.78, 5) is 16.5. The fourth-order valence-electron chi connectivity index (χ4n) is 1.99. The molecule has 0 aliphatic rings. The van der Waals surface area contributed by atoms with Crippen molar-refractivity contribution >= 4 is 28.1 Å². The van der Waals surface area contributed by atoms with Crippen LogP contribution in [-0.2, 0) is 0 Å². The number of anilines is 2. The van der Waals surface area contributed by atoms with Gasteiger partial charge < -0.3 is 10.3 Å². The third kappa shape index (κ3) is 2.27. The molecule has 21 heavy (non-hydrogen) atoms. The highest BCUT2D eigenvalue weighted by Crippen LogP contribution is 2.29. The van der Waals surface area contributed by atoms with Gasteiger partial charge in [-0.3, -0.25) is 10.1 Å². The third-order valence-corrected chi connectivity index (χ3v) is 2.96. The van der Waals surface area contributed by atoms with E-state index in [1.807, 2.05) is 0 Å². The number of nitrogens with zero attached hydrogens (tertiary/aromatic N) is 2. The van der Waals surface area contributed by atoms with E-state index < -0.39 is 16.6 Å². The lowest BCUT2D eigenvalue weighted by atomic mass is 10.2. The molecule has 0 spiro atoms. The van der Waals surface area contributed by atoms with Gasteiger partial charge in [-0.15, -0.1) is 0 Å². The maximum Gasteiger partial charge on any atom is 0.272 e. The second-order valence-electron chi connectivity index (χ2n) is 4.26. The van der Waals surface area contributed by atoms with Crippen LogP contribution in [0.2, 0.25) is 0 Å². The smallest absolute Gasteiger partial charge is 0.272 e. The molecule has 1 aromatic carbocycles. The number of nitro groups is 1. The van der Waals surface area contributed by atoms with Gasteiger partial charge in [-0.1, -0.05) is 0 Å². The number of nitro benzene ring substituents is 1. The zero-order chi connectivity index (χ0) is 15.0. The Kier molecular flexibility index (Phi) is 2.98. The number of hydrogen-bond acceptors (Lipinski definition) is 4. The highest BCUT2D eigenvalue weighted by atomic mass is 19.1. The van der Waals surface area contributed by atoms with Crippen LogP contribution in [-0.4, -0.2) is 14.9 Å². The normalized spacial score (nSPS) is 10.8. The topological polar surface area (TPSA) is 83.8 Å². The van der Waals surface area contributed by atoms with Crippen molar-refractivity contribution in [3.05, 3.63) is 58.4 Å². The molecule has 3 rings (SSSR count). The second-order valence-corrected chi connectivity index (χ2v) is 4.26. The van der Waals surface area contributed by atoms with Crippen molar-refractivity contribution in [3.8, 4) is 0 Å². The highest BCUT2D eigenvalue weighted by molar-refractivity contribution is 5.91. The number of aromatic nitrogens is 2. The summed E-state index contributed by atoms with van der Waals surface area (Å²) in [5.41, 5.74) is 0.283. The van der Waals surface area contributed by atoms with Gasteiger partial charge >= 0.3 is 0 Å². The Morgan fingerprint density at radius 1 is 1.19 bits per heavy atom. The molecule has 2 heterocycles. The fraction of sp³-hybridized carbons (Fsp3) is 0. The first-order chi connectivity index (χ1) is 10.1. The number of hydrogen-bond donors (Lipinski definition) is 2. The van der Waals surface area contributed by atoms with Gasteiger partial charge in [0.2, 0.25) is 0 Å². The van der Waals surface area contributed by atoms with Gasteiger partial charge in [-0.05, 0) is 12.1 Å². The third-order valence-electron chi connectivity index (χ3n) is 2.96. The molecule has 0 amide bonds. The lowest BCUT2D eigenvalue weighted by molar-refractivity contribution is -0.385. The molecule has 0 atom stereocenters. The number of H-pyrrole nitrogens is 1. The van der Waals surface area contributed by atoms with Gasteiger partial charge in [0.25, 0.3) is 5.69 Å². The molecule has 6 nitrogen and oxygen atoms in total. The molecule has 2 aromatic heterocycles. The Balaban J connectivity index is 2.03. The molecule has 0 saturated heterocycles. The molecule has 0 unspecified atom stereocenters. The predicted molar refractivity (Wildman–Crippen MR) is 72.4 cm³/mol. The molecule has 0 aliphatic carbocycles. The van der Waals surface area contributed by atoms with E-state index in [0.29, 0.717) is 11.3 Å². The summed E-state index contributed by atoms with van der Waals surface area (Å²) in [6.45, 7) is 0. The molecule has 8 heteroatoms. The van der Waals surface area contributed by atoms with E-state index in [2.05, 4.69) is 15.3 Å². The molecular formula is C13H8F2N4O2. The van der Waals surface area contributed by atoms with Crippen molar-refractivity contribution in [2.45, 2.75) is 0 Å². The summed E-state index contributed by atoms with van der Waals surface area (Å²) >= 11 is 0. The molecule has 0 bridgehead atoms. The van der Waals surface area contributed by atoms with E-state index in [-0.39, 0.29) is 16.8 Å². The monoisotopic (exact) mass is 290 g/mol. The summed E-state index contributed by atoms with van der Waals surface area (Å²) in [6.07, 6.45) is 2.58. The number of nitrogens with one attached hydrogen (secondary N) is 2. The van der Waals surface area contributed by atoms with E-state index in [4.69, 9.17) is 0 Å². The number of rotatable bonds is 3. The number of non-ortho nitro benzene ring substituents is 1. The summed E-state index contributed by atoms with van der Waals surface area (Å²) in [5, 5.41) is 13.5. The Hall–Kier alpha value is -3.03. The summed E-state index contributed by atoms with van der Waals surface area (Å²) in [5.74, 6) is -1.33. The van der Waals surface area contributed by atoms with E-state index >= 15 is 0 Å². The van der Waals surface area contributed by atoms with Crippen molar-refractivity contribution < 1.29 is 13.7 Å². The van der Waals surface area contributed by atoms with Crippen molar-refractivity contribution in [3.63, 3.8) is 0 Å². The molecule has 3 aromatic rings. The van der Waals surface area contributed by atoms with Gasteiger partial charge in [-0.25, -0.2) is 13.8 Å². The average molecular weight is 290 g/mol. The SMILES string of the molecule is O=[N+]([O-])c1ccc(Nc2ccnc3[nH]cc(F)c23)c(F)c1. The number of aromatic amines is 1. The Bertz CT molecular complexity index is 847. The van der Waals surface area contributed by atoms with E-state index in [9.17, 15) is 18.9 Å². The molecule has 0 radical (unpaired) electrons. The Labute approximate surface area is 116 Å².